The van der Waals surface area contributed by atoms with E-state index in [1.165, 1.54) is 5.69 Å². The van der Waals surface area contributed by atoms with Crippen LogP contribution in [-0.4, -0.2) is 51.4 Å². The van der Waals surface area contributed by atoms with E-state index in [9.17, 15) is 0 Å². The zero-order valence-corrected chi connectivity index (χ0v) is 18.8. The number of nitrogens with one attached hydrogen (secondary N) is 2. The lowest BCUT2D eigenvalue weighted by atomic mass is 10.0. The molecular weight excluding hydrogens is 439 g/mol. The molecule has 5 nitrogen and oxygen atoms in total. The fourth-order valence-electron chi connectivity index (χ4n) is 3.04. The maximum atomic E-state index is 5.81. The first kappa shape index (κ1) is 23.0. The van der Waals surface area contributed by atoms with Crippen LogP contribution in [0.15, 0.2) is 35.3 Å². The van der Waals surface area contributed by atoms with Crippen molar-refractivity contribution in [2.24, 2.45) is 4.99 Å². The van der Waals surface area contributed by atoms with E-state index in [1.807, 2.05) is 0 Å². The maximum Gasteiger partial charge on any atom is 0.191 e. The van der Waals surface area contributed by atoms with Crippen LogP contribution in [0, 0.1) is 0 Å². The van der Waals surface area contributed by atoms with Gasteiger partial charge in [0, 0.05) is 39.0 Å². The second-order valence-electron chi connectivity index (χ2n) is 6.99. The minimum atomic E-state index is -0.0826. The van der Waals surface area contributed by atoms with Gasteiger partial charge in [-0.1, -0.05) is 18.2 Å². The van der Waals surface area contributed by atoms with Crippen LogP contribution in [0.5, 0.6) is 0 Å². The van der Waals surface area contributed by atoms with Crippen molar-refractivity contribution in [1.29, 1.82) is 0 Å². The fraction of sp³-hybridized carbons (Fsp3) is 0.650. The minimum Gasteiger partial charge on any atom is -0.375 e. The Bertz CT molecular complexity index is 518. The largest absolute Gasteiger partial charge is 0.375 e. The highest BCUT2D eigenvalue weighted by atomic mass is 127. The zero-order valence-electron chi connectivity index (χ0n) is 16.5. The standard InChI is InChI=1S/C20H34N4O.HI/c1-4-21-19(23-17-20(2)13-10-16-25-20)22-14-8-9-15-24(3)18-11-6-5-7-12-18;/h5-7,11-12H,4,8-10,13-17H2,1-3H3,(H2,21,22,23);1H. The quantitative estimate of drug-likeness (QED) is 0.248. The molecule has 1 atom stereocenters. The van der Waals surface area contributed by atoms with E-state index in [2.05, 4.69) is 66.8 Å². The average Bonchev–Trinajstić information content (AvgIpc) is 3.07. The van der Waals surface area contributed by atoms with E-state index in [1.54, 1.807) is 0 Å². The number of benzene rings is 1. The van der Waals surface area contributed by atoms with Crippen LogP contribution in [-0.2, 0) is 4.74 Å². The summed E-state index contributed by atoms with van der Waals surface area (Å²) in [7, 11) is 2.15. The van der Waals surface area contributed by atoms with Gasteiger partial charge >= 0.3 is 0 Å². The van der Waals surface area contributed by atoms with Crippen molar-refractivity contribution in [2.45, 2.75) is 45.1 Å². The number of rotatable bonds is 9. The number of para-hydroxylation sites is 1. The molecule has 1 aliphatic heterocycles. The Labute approximate surface area is 176 Å². The Morgan fingerprint density at radius 2 is 2.00 bits per heavy atom. The van der Waals surface area contributed by atoms with Crippen LogP contribution in [0.3, 0.4) is 0 Å². The summed E-state index contributed by atoms with van der Waals surface area (Å²) in [5.74, 6) is 0.899. The predicted octanol–water partition coefficient (Wildman–Crippen LogP) is 3.65. The summed E-state index contributed by atoms with van der Waals surface area (Å²) in [4.78, 5) is 7.01. The van der Waals surface area contributed by atoms with Gasteiger partial charge in [-0.3, -0.25) is 4.99 Å². The molecule has 26 heavy (non-hydrogen) atoms. The van der Waals surface area contributed by atoms with Crippen LogP contribution < -0.4 is 15.5 Å². The fourth-order valence-corrected chi connectivity index (χ4v) is 3.04. The Morgan fingerprint density at radius 3 is 2.65 bits per heavy atom. The van der Waals surface area contributed by atoms with Gasteiger partial charge in [0.2, 0.25) is 0 Å². The number of anilines is 1. The first-order chi connectivity index (χ1) is 12.1. The van der Waals surface area contributed by atoms with E-state index >= 15 is 0 Å². The van der Waals surface area contributed by atoms with Crippen molar-refractivity contribution in [3.05, 3.63) is 30.3 Å². The van der Waals surface area contributed by atoms with Crippen LogP contribution in [0.25, 0.3) is 0 Å². The van der Waals surface area contributed by atoms with Gasteiger partial charge in [0.25, 0.3) is 0 Å². The van der Waals surface area contributed by atoms with Gasteiger partial charge in [-0.15, -0.1) is 24.0 Å². The monoisotopic (exact) mass is 474 g/mol. The molecule has 1 unspecified atom stereocenters. The lowest BCUT2D eigenvalue weighted by molar-refractivity contribution is 0.0283. The van der Waals surface area contributed by atoms with Gasteiger partial charge in [-0.05, 0) is 51.7 Å². The Kier molecular flexibility index (Phi) is 11.0. The number of guanidine groups is 1. The smallest absolute Gasteiger partial charge is 0.191 e. The van der Waals surface area contributed by atoms with Crippen LogP contribution in [0.1, 0.15) is 39.5 Å². The van der Waals surface area contributed by atoms with Gasteiger partial charge in [0.15, 0.2) is 5.96 Å². The van der Waals surface area contributed by atoms with Crippen LogP contribution >= 0.6 is 24.0 Å². The number of unbranched alkanes of at least 4 members (excludes halogenated alkanes) is 1. The van der Waals surface area contributed by atoms with Gasteiger partial charge < -0.3 is 20.3 Å². The molecular formula is C20H35IN4O. The maximum absolute atomic E-state index is 5.81. The summed E-state index contributed by atoms with van der Waals surface area (Å²) in [5, 5.41) is 6.76. The van der Waals surface area contributed by atoms with Crippen molar-refractivity contribution in [3.63, 3.8) is 0 Å². The van der Waals surface area contributed by atoms with Gasteiger partial charge in [-0.25, -0.2) is 0 Å². The number of nitrogens with zero attached hydrogens (tertiary/aromatic N) is 2. The number of halogens is 1. The lowest BCUT2D eigenvalue weighted by Crippen LogP contribution is -2.39. The third kappa shape index (κ3) is 8.12. The van der Waals surface area contributed by atoms with Crippen molar-refractivity contribution in [3.8, 4) is 0 Å². The first-order valence-corrected chi connectivity index (χ1v) is 9.55. The predicted molar refractivity (Wildman–Crippen MR) is 122 cm³/mol. The number of hydrogen-bond donors (Lipinski definition) is 2. The third-order valence-electron chi connectivity index (χ3n) is 4.63. The van der Waals surface area contributed by atoms with E-state index in [0.29, 0.717) is 0 Å². The molecule has 0 amide bonds. The van der Waals surface area contributed by atoms with E-state index in [4.69, 9.17) is 9.73 Å². The minimum absolute atomic E-state index is 0. The number of aliphatic imine (C=N–C) groups is 1. The highest BCUT2D eigenvalue weighted by molar-refractivity contribution is 14.0. The molecule has 1 saturated heterocycles. The van der Waals surface area contributed by atoms with Gasteiger partial charge in [0.05, 0.1) is 12.1 Å². The molecule has 2 rings (SSSR count). The number of hydrogen-bond acceptors (Lipinski definition) is 3. The summed E-state index contributed by atoms with van der Waals surface area (Å²) < 4.78 is 5.81. The van der Waals surface area contributed by atoms with Crippen molar-refractivity contribution in [2.75, 3.05) is 44.7 Å². The van der Waals surface area contributed by atoms with Crippen molar-refractivity contribution < 1.29 is 4.74 Å². The van der Waals surface area contributed by atoms with Crippen LogP contribution in [0.4, 0.5) is 5.69 Å². The zero-order chi connectivity index (χ0) is 18.0. The second-order valence-corrected chi connectivity index (χ2v) is 6.99. The summed E-state index contributed by atoms with van der Waals surface area (Å²) in [6.45, 7) is 8.72. The molecule has 0 spiro atoms. The van der Waals surface area contributed by atoms with Crippen molar-refractivity contribution >= 4 is 35.6 Å². The summed E-state index contributed by atoms with van der Waals surface area (Å²) >= 11 is 0. The normalized spacial score (nSPS) is 19.7. The number of ether oxygens (including phenoxy) is 1. The SMILES string of the molecule is CCNC(=NCC1(C)CCCO1)NCCCCN(C)c1ccccc1.I. The summed E-state index contributed by atoms with van der Waals surface area (Å²) in [5.41, 5.74) is 1.19. The Hall–Kier alpha value is -1.02. The summed E-state index contributed by atoms with van der Waals surface area (Å²) in [6, 6.07) is 10.5. The molecule has 1 fully saturated rings. The molecule has 1 aromatic carbocycles. The van der Waals surface area contributed by atoms with E-state index < -0.39 is 0 Å². The highest BCUT2D eigenvalue weighted by Gasteiger charge is 2.29. The van der Waals surface area contributed by atoms with Crippen LogP contribution in [0.2, 0.25) is 0 Å². The average molecular weight is 474 g/mol. The molecule has 0 bridgehead atoms. The van der Waals surface area contributed by atoms with Gasteiger partial charge in [0.1, 0.15) is 0 Å². The van der Waals surface area contributed by atoms with E-state index in [0.717, 1.165) is 64.4 Å². The molecule has 6 heteroatoms. The molecule has 0 saturated carbocycles. The summed E-state index contributed by atoms with van der Waals surface area (Å²) in [6.07, 6.45) is 4.51. The first-order valence-electron chi connectivity index (χ1n) is 9.55. The van der Waals surface area contributed by atoms with Gasteiger partial charge in [-0.2, -0.15) is 0 Å². The molecule has 1 aliphatic rings. The Balaban J connectivity index is 0.00000338. The highest BCUT2D eigenvalue weighted by Crippen LogP contribution is 2.24. The molecule has 1 aromatic rings. The molecule has 0 radical (unpaired) electrons. The lowest BCUT2D eigenvalue weighted by Gasteiger charge is -2.22. The molecule has 0 aromatic heterocycles. The molecule has 0 aliphatic carbocycles. The Morgan fingerprint density at radius 1 is 1.23 bits per heavy atom. The topological polar surface area (TPSA) is 48.9 Å². The third-order valence-corrected chi connectivity index (χ3v) is 4.63. The second kappa shape index (κ2) is 12.4. The van der Waals surface area contributed by atoms with E-state index in [-0.39, 0.29) is 29.6 Å². The molecule has 1 heterocycles. The molecule has 148 valence electrons. The van der Waals surface area contributed by atoms with Crippen molar-refractivity contribution in [1.82, 2.24) is 10.6 Å². The molecule has 2 N–H and O–H groups in total.